The molecule has 0 bridgehead atoms. The molecule has 3 nitrogen and oxygen atoms in total. The maximum absolute atomic E-state index is 3.38. The molecule has 0 saturated carbocycles. The number of nitrogens with zero attached hydrogens (tertiary/aromatic N) is 1. The Kier molecular flexibility index (Phi) is 1.84. The van der Waals surface area contributed by atoms with Crippen LogP contribution in [0, 0.1) is 5.92 Å². The average molecular weight is 153 g/mol. The smallest absolute Gasteiger partial charge is 0.0694 e. The fourth-order valence-corrected chi connectivity index (χ4v) is 1.78. The summed E-state index contributed by atoms with van der Waals surface area (Å²) in [7, 11) is 0. The van der Waals surface area contributed by atoms with Gasteiger partial charge in [-0.05, 0) is 0 Å². The van der Waals surface area contributed by atoms with Gasteiger partial charge in [0.05, 0.1) is 13.3 Å². The topological polar surface area (TPSA) is 27.3 Å². The maximum Gasteiger partial charge on any atom is 0.0694 e. The Balaban J connectivity index is 2.14. The van der Waals surface area contributed by atoms with E-state index in [0.29, 0.717) is 5.92 Å². The second-order valence-electron chi connectivity index (χ2n) is 3.29. The Morgan fingerprint density at radius 3 is 3.09 bits per heavy atom. The minimum atomic E-state index is 0.686. The molecule has 1 fully saturated rings. The van der Waals surface area contributed by atoms with E-state index in [9.17, 15) is 0 Å². The van der Waals surface area contributed by atoms with E-state index in [0.717, 1.165) is 26.4 Å². The van der Waals surface area contributed by atoms with Gasteiger partial charge in [0.15, 0.2) is 0 Å². The molecular formula is C8H15N3. The molecule has 0 radical (unpaired) electrons. The summed E-state index contributed by atoms with van der Waals surface area (Å²) in [6.07, 6.45) is 2.30. The third-order valence-electron chi connectivity index (χ3n) is 2.38. The number of rotatable bonds is 0. The Morgan fingerprint density at radius 1 is 1.45 bits per heavy atom. The number of hydrogen-bond donors (Lipinski definition) is 2. The van der Waals surface area contributed by atoms with E-state index in [-0.39, 0.29) is 0 Å². The lowest BCUT2D eigenvalue weighted by Crippen LogP contribution is -2.50. The first-order chi connectivity index (χ1) is 5.38. The van der Waals surface area contributed by atoms with Gasteiger partial charge < -0.3 is 4.90 Å². The van der Waals surface area contributed by atoms with E-state index in [1.165, 1.54) is 5.70 Å². The first-order valence-electron chi connectivity index (χ1n) is 4.24. The van der Waals surface area contributed by atoms with E-state index < -0.39 is 0 Å². The van der Waals surface area contributed by atoms with Crippen molar-refractivity contribution in [2.24, 2.45) is 5.92 Å². The van der Waals surface area contributed by atoms with E-state index in [1.54, 1.807) is 0 Å². The molecule has 0 aromatic heterocycles. The van der Waals surface area contributed by atoms with Crippen molar-refractivity contribution in [3.05, 3.63) is 11.8 Å². The van der Waals surface area contributed by atoms with Crippen molar-refractivity contribution in [1.29, 1.82) is 0 Å². The van der Waals surface area contributed by atoms with Gasteiger partial charge in [-0.25, -0.2) is 0 Å². The lowest BCUT2D eigenvalue weighted by molar-refractivity contribution is 0.213. The van der Waals surface area contributed by atoms with Crippen LogP contribution in [0.3, 0.4) is 0 Å². The molecule has 1 atom stereocenters. The Hall–Kier alpha value is -0.540. The second kappa shape index (κ2) is 2.83. The summed E-state index contributed by atoms with van der Waals surface area (Å²) >= 11 is 0. The van der Waals surface area contributed by atoms with Gasteiger partial charge in [-0.1, -0.05) is 13.0 Å². The van der Waals surface area contributed by atoms with Crippen LogP contribution >= 0.6 is 0 Å². The Bertz CT molecular complexity index is 176. The molecule has 3 heteroatoms. The largest absolute Gasteiger partial charge is 0.349 e. The average Bonchev–Trinajstić information content (AvgIpc) is 2.06. The number of hydrogen-bond acceptors (Lipinski definition) is 3. The van der Waals surface area contributed by atoms with Crippen molar-refractivity contribution in [3.63, 3.8) is 0 Å². The van der Waals surface area contributed by atoms with Gasteiger partial charge in [0.25, 0.3) is 0 Å². The fourth-order valence-electron chi connectivity index (χ4n) is 1.78. The van der Waals surface area contributed by atoms with Crippen LogP contribution in [0.5, 0.6) is 0 Å². The quantitative estimate of drug-likeness (QED) is 0.510. The second-order valence-corrected chi connectivity index (χ2v) is 3.29. The molecule has 2 N–H and O–H groups in total. The molecule has 1 saturated heterocycles. The van der Waals surface area contributed by atoms with Crippen LogP contribution in [0.2, 0.25) is 0 Å². The highest BCUT2D eigenvalue weighted by Crippen LogP contribution is 2.18. The van der Waals surface area contributed by atoms with E-state index in [4.69, 9.17) is 0 Å². The SMILES string of the molecule is CC1CNCN2CNCC=C12. The minimum Gasteiger partial charge on any atom is -0.349 e. The van der Waals surface area contributed by atoms with E-state index in [1.807, 2.05) is 0 Å². The lowest BCUT2D eigenvalue weighted by atomic mass is 10.0. The summed E-state index contributed by atoms with van der Waals surface area (Å²) in [5.74, 6) is 0.686. The first kappa shape index (κ1) is 7.13. The van der Waals surface area contributed by atoms with Crippen LogP contribution in [0.15, 0.2) is 11.8 Å². The summed E-state index contributed by atoms with van der Waals surface area (Å²) in [5, 5.41) is 6.69. The molecule has 11 heavy (non-hydrogen) atoms. The summed E-state index contributed by atoms with van der Waals surface area (Å²) < 4.78 is 0. The predicted molar refractivity (Wildman–Crippen MR) is 44.8 cm³/mol. The van der Waals surface area contributed by atoms with Gasteiger partial charge in [0.1, 0.15) is 0 Å². The number of nitrogens with one attached hydrogen (secondary N) is 2. The Morgan fingerprint density at radius 2 is 2.27 bits per heavy atom. The van der Waals surface area contributed by atoms with Crippen LogP contribution in [0.4, 0.5) is 0 Å². The van der Waals surface area contributed by atoms with Gasteiger partial charge in [-0.15, -0.1) is 0 Å². The zero-order valence-corrected chi connectivity index (χ0v) is 6.93. The minimum absolute atomic E-state index is 0.686. The monoisotopic (exact) mass is 153 g/mol. The molecule has 2 aliphatic rings. The number of fused-ring (bicyclic) bond motifs is 1. The highest BCUT2D eigenvalue weighted by Gasteiger charge is 2.21. The molecule has 2 heterocycles. The summed E-state index contributed by atoms with van der Waals surface area (Å²) in [5.41, 5.74) is 1.52. The van der Waals surface area contributed by atoms with Crippen molar-refractivity contribution in [2.45, 2.75) is 6.92 Å². The first-order valence-corrected chi connectivity index (χ1v) is 4.24. The molecule has 0 aromatic carbocycles. The van der Waals surface area contributed by atoms with Gasteiger partial charge in [0, 0.05) is 24.7 Å². The molecule has 2 aliphatic heterocycles. The van der Waals surface area contributed by atoms with Gasteiger partial charge in [-0.2, -0.15) is 0 Å². The Labute approximate surface area is 67.5 Å². The van der Waals surface area contributed by atoms with Crippen molar-refractivity contribution < 1.29 is 0 Å². The van der Waals surface area contributed by atoms with Gasteiger partial charge in [-0.3, -0.25) is 10.6 Å². The highest BCUT2D eigenvalue weighted by atomic mass is 15.3. The van der Waals surface area contributed by atoms with E-state index >= 15 is 0 Å². The summed E-state index contributed by atoms with van der Waals surface area (Å²) in [6.45, 7) is 6.45. The third-order valence-corrected chi connectivity index (χ3v) is 2.38. The lowest BCUT2D eigenvalue weighted by Gasteiger charge is -2.38. The van der Waals surface area contributed by atoms with Gasteiger partial charge in [0.2, 0.25) is 0 Å². The van der Waals surface area contributed by atoms with Crippen LogP contribution in [0.1, 0.15) is 6.92 Å². The highest BCUT2D eigenvalue weighted by molar-refractivity contribution is 5.10. The van der Waals surface area contributed by atoms with Crippen molar-refractivity contribution >= 4 is 0 Å². The van der Waals surface area contributed by atoms with Crippen molar-refractivity contribution in [3.8, 4) is 0 Å². The summed E-state index contributed by atoms with van der Waals surface area (Å²) in [4.78, 5) is 2.36. The fraction of sp³-hybridized carbons (Fsp3) is 0.750. The molecule has 0 amide bonds. The van der Waals surface area contributed by atoms with Gasteiger partial charge >= 0.3 is 0 Å². The molecule has 0 aliphatic carbocycles. The van der Waals surface area contributed by atoms with Crippen LogP contribution in [0.25, 0.3) is 0 Å². The van der Waals surface area contributed by atoms with Crippen molar-refractivity contribution in [1.82, 2.24) is 15.5 Å². The normalized spacial score (nSPS) is 31.2. The zero-order chi connectivity index (χ0) is 7.68. The van der Waals surface area contributed by atoms with Crippen molar-refractivity contribution in [2.75, 3.05) is 26.4 Å². The standard InChI is InChI=1S/C8H15N3/c1-7-4-10-6-11-5-9-3-2-8(7)11/h2,7,9-10H,3-6H2,1H3. The predicted octanol–water partition coefficient (Wildman–Crippen LogP) is -0.0702. The third kappa shape index (κ3) is 1.26. The molecule has 0 aromatic rings. The van der Waals surface area contributed by atoms with E-state index in [2.05, 4.69) is 28.5 Å². The zero-order valence-electron chi connectivity index (χ0n) is 6.93. The van der Waals surface area contributed by atoms with Crippen LogP contribution in [-0.2, 0) is 0 Å². The molecular weight excluding hydrogens is 138 g/mol. The van der Waals surface area contributed by atoms with Crippen LogP contribution < -0.4 is 10.6 Å². The van der Waals surface area contributed by atoms with Crippen LogP contribution in [-0.4, -0.2) is 31.3 Å². The molecule has 2 rings (SSSR count). The maximum atomic E-state index is 3.38. The molecule has 1 unspecified atom stereocenters. The molecule has 0 spiro atoms. The summed E-state index contributed by atoms with van der Waals surface area (Å²) in [6, 6.07) is 0. The molecule has 62 valence electrons.